The van der Waals surface area contributed by atoms with Crippen LogP contribution in [0.4, 0.5) is 0 Å². The van der Waals surface area contributed by atoms with Gasteiger partial charge in [0.2, 0.25) is 15.9 Å². The van der Waals surface area contributed by atoms with Crippen LogP contribution in [0.25, 0.3) is 0 Å². The number of carbonyl (C=O) groups excluding carboxylic acids is 1. The molecular weight excluding hydrogens is 412 g/mol. The number of methoxy groups -OCH3 is 1. The van der Waals surface area contributed by atoms with Gasteiger partial charge in [-0.1, -0.05) is 50.2 Å². The number of piperidine rings is 1. The molecule has 0 saturated carbocycles. The first-order valence-corrected chi connectivity index (χ1v) is 12.3. The number of hydrogen-bond acceptors (Lipinski definition) is 4. The van der Waals surface area contributed by atoms with Crippen molar-refractivity contribution in [2.24, 2.45) is 5.92 Å². The molecule has 3 rings (SSSR count). The Kier molecular flexibility index (Phi) is 7.73. The summed E-state index contributed by atoms with van der Waals surface area (Å²) >= 11 is 0. The van der Waals surface area contributed by atoms with Crippen molar-refractivity contribution in [2.75, 3.05) is 26.7 Å². The summed E-state index contributed by atoms with van der Waals surface area (Å²) in [4.78, 5) is 12.9. The lowest BCUT2D eigenvalue weighted by Gasteiger charge is -2.31. The fraction of sp³-hybridized carbons (Fsp3) is 0.458. The van der Waals surface area contributed by atoms with Gasteiger partial charge in [0.15, 0.2) is 0 Å². The molecule has 2 aromatic carbocycles. The van der Waals surface area contributed by atoms with Crippen molar-refractivity contribution < 1.29 is 17.9 Å². The Morgan fingerprint density at radius 3 is 2.61 bits per heavy atom. The summed E-state index contributed by atoms with van der Waals surface area (Å²) < 4.78 is 33.6. The maximum Gasteiger partial charge on any atom is 0.246 e. The lowest BCUT2D eigenvalue weighted by Crippen LogP contribution is -2.45. The SMILES string of the molecule is COc1ccc(C(C)C)cc1S(=O)(=O)N1CCC[C@@H](C(=O)NCCc2ccccc2)C1. The normalized spacial score (nSPS) is 17.5. The molecule has 0 unspecified atom stereocenters. The number of amides is 1. The summed E-state index contributed by atoms with van der Waals surface area (Å²) in [6, 6.07) is 15.3. The van der Waals surface area contributed by atoms with Crippen molar-refractivity contribution in [2.45, 2.75) is 43.9 Å². The second kappa shape index (κ2) is 10.3. The predicted octanol–water partition coefficient (Wildman–Crippen LogP) is 3.58. The van der Waals surface area contributed by atoms with E-state index in [2.05, 4.69) is 5.32 Å². The molecule has 0 aromatic heterocycles. The second-order valence-electron chi connectivity index (χ2n) is 8.29. The Labute approximate surface area is 185 Å². The van der Waals surface area contributed by atoms with Gasteiger partial charge in [-0.25, -0.2) is 8.42 Å². The summed E-state index contributed by atoms with van der Waals surface area (Å²) in [5.74, 6) is 0.0977. The van der Waals surface area contributed by atoms with Crippen LogP contribution in [0.1, 0.15) is 43.7 Å². The highest BCUT2D eigenvalue weighted by molar-refractivity contribution is 7.89. The molecule has 168 valence electrons. The number of hydrogen-bond donors (Lipinski definition) is 1. The van der Waals surface area contributed by atoms with Crippen LogP contribution in [0.2, 0.25) is 0 Å². The molecule has 1 fully saturated rings. The zero-order valence-corrected chi connectivity index (χ0v) is 19.3. The number of nitrogens with one attached hydrogen (secondary N) is 1. The van der Waals surface area contributed by atoms with Gasteiger partial charge in [-0.3, -0.25) is 4.79 Å². The first kappa shape index (κ1) is 23.3. The minimum absolute atomic E-state index is 0.0845. The first-order chi connectivity index (χ1) is 14.8. The Morgan fingerprint density at radius 2 is 1.94 bits per heavy atom. The van der Waals surface area contributed by atoms with E-state index in [1.54, 1.807) is 12.1 Å². The highest BCUT2D eigenvalue weighted by Gasteiger charge is 2.35. The van der Waals surface area contributed by atoms with Gasteiger partial charge in [-0.15, -0.1) is 0 Å². The van der Waals surface area contributed by atoms with E-state index in [4.69, 9.17) is 4.74 Å². The molecule has 1 saturated heterocycles. The quantitative estimate of drug-likeness (QED) is 0.675. The van der Waals surface area contributed by atoms with Crippen molar-refractivity contribution in [1.82, 2.24) is 9.62 Å². The summed E-state index contributed by atoms with van der Waals surface area (Å²) in [5, 5.41) is 2.97. The lowest BCUT2D eigenvalue weighted by molar-refractivity contribution is -0.126. The van der Waals surface area contributed by atoms with Gasteiger partial charge >= 0.3 is 0 Å². The molecule has 0 bridgehead atoms. The number of rotatable bonds is 8. The fourth-order valence-electron chi connectivity index (χ4n) is 3.89. The standard InChI is InChI=1S/C24H32N2O4S/c1-18(2)20-11-12-22(30-3)23(16-20)31(28,29)26-15-7-10-21(17-26)24(27)25-14-13-19-8-5-4-6-9-19/h4-6,8-9,11-12,16,18,21H,7,10,13-15,17H2,1-3H3,(H,25,27)/t21-/m1/s1. The van der Waals surface area contributed by atoms with Crippen LogP contribution in [-0.4, -0.2) is 45.4 Å². The molecule has 6 nitrogen and oxygen atoms in total. The van der Waals surface area contributed by atoms with E-state index < -0.39 is 10.0 Å². The molecule has 0 spiro atoms. The Morgan fingerprint density at radius 1 is 1.19 bits per heavy atom. The average Bonchev–Trinajstić information content (AvgIpc) is 2.79. The second-order valence-corrected chi connectivity index (χ2v) is 10.2. The number of ether oxygens (including phenoxy) is 1. The average molecular weight is 445 g/mol. The van der Waals surface area contributed by atoms with Crippen LogP contribution in [0.3, 0.4) is 0 Å². The Bertz CT molecular complexity index is 990. The smallest absolute Gasteiger partial charge is 0.246 e. The van der Waals surface area contributed by atoms with Crippen LogP contribution in [0.5, 0.6) is 5.75 Å². The van der Waals surface area contributed by atoms with E-state index in [0.717, 1.165) is 17.5 Å². The van der Waals surface area contributed by atoms with Gasteiger partial charge in [0.25, 0.3) is 0 Å². The summed E-state index contributed by atoms with van der Waals surface area (Å²) in [7, 11) is -2.29. The van der Waals surface area contributed by atoms with Crippen molar-refractivity contribution in [3.63, 3.8) is 0 Å². The van der Waals surface area contributed by atoms with E-state index in [-0.39, 0.29) is 29.2 Å². The monoisotopic (exact) mass is 444 g/mol. The fourth-order valence-corrected chi connectivity index (χ4v) is 5.60. The summed E-state index contributed by atoms with van der Waals surface area (Å²) in [6.07, 6.45) is 2.09. The number of benzene rings is 2. The molecule has 1 amide bonds. The number of carbonyl (C=O) groups is 1. The van der Waals surface area contributed by atoms with Crippen LogP contribution >= 0.6 is 0 Å². The van der Waals surface area contributed by atoms with E-state index >= 15 is 0 Å². The molecule has 1 heterocycles. The third kappa shape index (κ3) is 5.66. The van der Waals surface area contributed by atoms with Crippen molar-refractivity contribution in [3.05, 3.63) is 59.7 Å². The molecule has 1 atom stereocenters. The molecule has 2 aromatic rings. The minimum atomic E-state index is -3.76. The van der Waals surface area contributed by atoms with Crippen molar-refractivity contribution in [3.8, 4) is 5.75 Å². The van der Waals surface area contributed by atoms with E-state index in [0.29, 0.717) is 31.7 Å². The van der Waals surface area contributed by atoms with E-state index in [1.807, 2.05) is 50.2 Å². The van der Waals surface area contributed by atoms with Crippen molar-refractivity contribution in [1.29, 1.82) is 0 Å². The van der Waals surface area contributed by atoms with Gasteiger partial charge in [-0.2, -0.15) is 4.31 Å². The highest BCUT2D eigenvalue weighted by Crippen LogP contribution is 2.32. The van der Waals surface area contributed by atoms with Crippen LogP contribution in [0, 0.1) is 5.92 Å². The first-order valence-electron chi connectivity index (χ1n) is 10.8. The molecule has 31 heavy (non-hydrogen) atoms. The number of nitrogens with zero attached hydrogens (tertiary/aromatic N) is 1. The largest absolute Gasteiger partial charge is 0.495 e. The van der Waals surface area contributed by atoms with Gasteiger partial charge in [0.05, 0.1) is 13.0 Å². The zero-order valence-electron chi connectivity index (χ0n) is 18.5. The van der Waals surface area contributed by atoms with Gasteiger partial charge in [0.1, 0.15) is 10.6 Å². The van der Waals surface area contributed by atoms with Crippen LogP contribution in [-0.2, 0) is 21.2 Å². The van der Waals surface area contributed by atoms with Gasteiger partial charge in [-0.05, 0) is 48.4 Å². The Balaban J connectivity index is 1.69. The zero-order chi connectivity index (χ0) is 22.4. The highest BCUT2D eigenvalue weighted by atomic mass is 32.2. The molecule has 1 aliphatic rings. The molecule has 0 radical (unpaired) electrons. The maximum absolute atomic E-state index is 13.4. The summed E-state index contributed by atoms with van der Waals surface area (Å²) in [5.41, 5.74) is 2.10. The number of sulfonamides is 1. The lowest BCUT2D eigenvalue weighted by atomic mass is 9.99. The third-order valence-electron chi connectivity index (χ3n) is 5.78. The minimum Gasteiger partial charge on any atom is -0.495 e. The Hall–Kier alpha value is -2.38. The third-order valence-corrected chi connectivity index (χ3v) is 7.67. The molecule has 0 aliphatic carbocycles. The molecule has 1 N–H and O–H groups in total. The summed E-state index contributed by atoms with van der Waals surface area (Å²) in [6.45, 7) is 5.18. The maximum atomic E-state index is 13.4. The topological polar surface area (TPSA) is 75.7 Å². The predicted molar refractivity (Wildman–Crippen MR) is 122 cm³/mol. The van der Waals surface area contributed by atoms with Crippen LogP contribution in [0.15, 0.2) is 53.4 Å². The van der Waals surface area contributed by atoms with Gasteiger partial charge in [0, 0.05) is 19.6 Å². The van der Waals surface area contributed by atoms with Crippen LogP contribution < -0.4 is 10.1 Å². The molecule has 7 heteroatoms. The van der Waals surface area contributed by atoms with Crippen molar-refractivity contribution >= 4 is 15.9 Å². The van der Waals surface area contributed by atoms with E-state index in [9.17, 15) is 13.2 Å². The van der Waals surface area contributed by atoms with E-state index in [1.165, 1.54) is 11.4 Å². The molecular formula is C24H32N2O4S. The molecule has 1 aliphatic heterocycles. The van der Waals surface area contributed by atoms with Gasteiger partial charge < -0.3 is 10.1 Å².